The molecule has 0 radical (unpaired) electrons. The first-order valence-electron chi connectivity index (χ1n) is 25.2. The molecule has 0 spiro atoms. The largest absolute Gasteiger partial charge is 0.463 e. The van der Waals surface area contributed by atoms with Gasteiger partial charge in [0.1, 0.15) is 19.3 Å². The minimum atomic E-state index is -0.394. The molecule has 0 N–H and O–H groups in total. The smallest absolute Gasteiger partial charge is 0.305 e. The van der Waals surface area contributed by atoms with E-state index < -0.39 is 6.10 Å². The molecule has 5 heteroatoms. The molecule has 1 unspecified atom stereocenters. The summed E-state index contributed by atoms with van der Waals surface area (Å²) in [6, 6.07) is 0. The van der Waals surface area contributed by atoms with Gasteiger partial charge in [-0.25, -0.2) is 0 Å². The van der Waals surface area contributed by atoms with E-state index in [1.54, 1.807) is 0 Å². The number of carbonyl (C=O) groups excluding carboxylic acids is 2. The van der Waals surface area contributed by atoms with E-state index >= 15 is 0 Å². The summed E-state index contributed by atoms with van der Waals surface area (Å²) < 4.78 is 17.4. The summed E-state index contributed by atoms with van der Waals surface area (Å²) >= 11 is 0. The van der Waals surface area contributed by atoms with Crippen molar-refractivity contribution in [3.8, 4) is 0 Å². The highest BCUT2D eigenvalue weighted by Crippen LogP contribution is 2.15. The van der Waals surface area contributed by atoms with Crippen LogP contribution in [0.15, 0.2) is 12.2 Å². The molecule has 0 bridgehead atoms. The first kappa shape index (κ1) is 54.6. The average molecular weight is 791 g/mol. The Kier molecular flexibility index (Phi) is 46.8. The van der Waals surface area contributed by atoms with E-state index in [9.17, 15) is 9.59 Å². The van der Waals surface area contributed by atoms with Crippen LogP contribution in [0.3, 0.4) is 0 Å². The molecular formula is C51H98O5. The third kappa shape index (κ3) is 45.3. The molecule has 5 nitrogen and oxygen atoms in total. The van der Waals surface area contributed by atoms with Crippen LogP contribution in [0.1, 0.15) is 278 Å². The van der Waals surface area contributed by atoms with Gasteiger partial charge in [0.15, 0.2) is 0 Å². The van der Waals surface area contributed by atoms with Gasteiger partial charge < -0.3 is 14.2 Å². The lowest BCUT2D eigenvalue weighted by Gasteiger charge is -2.18. The van der Waals surface area contributed by atoms with Gasteiger partial charge in [0.05, 0.1) is 0 Å². The summed E-state index contributed by atoms with van der Waals surface area (Å²) in [6.07, 6.45) is 53.7. The zero-order valence-electron chi connectivity index (χ0n) is 38.2. The molecule has 0 aromatic heterocycles. The predicted molar refractivity (Wildman–Crippen MR) is 242 cm³/mol. The molecule has 1 atom stereocenters. The Hall–Kier alpha value is -1.36. The van der Waals surface area contributed by atoms with E-state index in [2.05, 4.69) is 32.9 Å². The van der Waals surface area contributed by atoms with Crippen LogP contribution in [-0.4, -0.2) is 37.9 Å². The Bertz CT molecular complexity index is 810. The molecule has 0 aliphatic rings. The van der Waals surface area contributed by atoms with Crippen molar-refractivity contribution in [2.75, 3.05) is 19.8 Å². The van der Waals surface area contributed by atoms with Gasteiger partial charge in [-0.2, -0.15) is 0 Å². The summed E-state index contributed by atoms with van der Waals surface area (Å²) in [6.45, 7) is 7.75. The number of esters is 2. The van der Waals surface area contributed by atoms with Crippen LogP contribution < -0.4 is 0 Å². The van der Waals surface area contributed by atoms with Gasteiger partial charge in [0, 0.05) is 19.4 Å². The number of allylic oxidation sites excluding steroid dienone is 2. The summed E-state index contributed by atoms with van der Waals surface area (Å²) in [4.78, 5) is 25.1. The van der Waals surface area contributed by atoms with Crippen LogP contribution in [0, 0.1) is 0 Å². The summed E-state index contributed by atoms with van der Waals surface area (Å²) in [5, 5.41) is 0. The topological polar surface area (TPSA) is 61.8 Å². The minimum Gasteiger partial charge on any atom is -0.463 e. The molecule has 0 heterocycles. The van der Waals surface area contributed by atoms with Gasteiger partial charge in [-0.3, -0.25) is 9.59 Å². The third-order valence-corrected chi connectivity index (χ3v) is 11.3. The maximum Gasteiger partial charge on any atom is 0.305 e. The van der Waals surface area contributed by atoms with E-state index in [0.29, 0.717) is 19.4 Å². The standard InChI is InChI=1S/C51H98O5/c1-4-7-10-13-16-19-22-24-25-26-28-31-34-37-40-43-46-54-49(47-55-50(52)44-41-38-35-32-29-21-18-15-12-9-6-3)48-56-51(53)45-42-39-36-33-30-27-23-20-17-14-11-8-5-2/h24-25,49H,4-23,26-48H2,1-3H3/b25-24-. The number of rotatable bonds is 47. The van der Waals surface area contributed by atoms with E-state index in [1.807, 2.05) is 0 Å². The maximum atomic E-state index is 12.6. The Balaban J connectivity index is 4.21. The monoisotopic (exact) mass is 791 g/mol. The van der Waals surface area contributed by atoms with Crippen LogP contribution in [0.2, 0.25) is 0 Å². The molecule has 0 saturated carbocycles. The van der Waals surface area contributed by atoms with E-state index in [0.717, 1.165) is 38.5 Å². The highest BCUT2D eigenvalue weighted by Gasteiger charge is 2.16. The van der Waals surface area contributed by atoms with Crippen molar-refractivity contribution in [1.29, 1.82) is 0 Å². The summed E-state index contributed by atoms with van der Waals surface area (Å²) in [7, 11) is 0. The van der Waals surface area contributed by atoms with Gasteiger partial charge >= 0.3 is 11.9 Å². The van der Waals surface area contributed by atoms with Gasteiger partial charge in [0.25, 0.3) is 0 Å². The summed E-state index contributed by atoms with van der Waals surface area (Å²) in [5.41, 5.74) is 0. The maximum absolute atomic E-state index is 12.6. The summed E-state index contributed by atoms with van der Waals surface area (Å²) in [5.74, 6) is -0.323. The second-order valence-corrected chi connectivity index (χ2v) is 17.1. The van der Waals surface area contributed by atoms with Crippen molar-refractivity contribution >= 4 is 11.9 Å². The molecule has 0 aliphatic carbocycles. The second-order valence-electron chi connectivity index (χ2n) is 17.1. The van der Waals surface area contributed by atoms with Gasteiger partial charge in [-0.1, -0.05) is 232 Å². The first-order chi connectivity index (χ1) is 27.6. The van der Waals surface area contributed by atoms with Gasteiger partial charge in [0.2, 0.25) is 0 Å². The lowest BCUT2D eigenvalue weighted by Crippen LogP contribution is -2.29. The van der Waals surface area contributed by atoms with E-state index in [1.165, 1.54) is 205 Å². The third-order valence-electron chi connectivity index (χ3n) is 11.3. The van der Waals surface area contributed by atoms with Gasteiger partial charge in [-0.05, 0) is 44.9 Å². The molecule has 56 heavy (non-hydrogen) atoms. The molecule has 332 valence electrons. The van der Waals surface area contributed by atoms with Crippen LogP contribution in [0.25, 0.3) is 0 Å². The number of carbonyl (C=O) groups is 2. The molecule has 0 saturated heterocycles. The lowest BCUT2D eigenvalue weighted by molar-refractivity contribution is -0.155. The Labute approximate surface area is 350 Å². The van der Waals surface area contributed by atoms with Crippen LogP contribution in [0.4, 0.5) is 0 Å². The Morgan fingerprint density at radius 1 is 0.357 bits per heavy atom. The van der Waals surface area contributed by atoms with Crippen molar-refractivity contribution in [3.05, 3.63) is 12.2 Å². The van der Waals surface area contributed by atoms with Crippen molar-refractivity contribution < 1.29 is 23.8 Å². The first-order valence-corrected chi connectivity index (χ1v) is 25.2. The molecule has 0 fully saturated rings. The molecule has 0 amide bonds. The predicted octanol–water partition coefficient (Wildman–Crippen LogP) is 16.7. The van der Waals surface area contributed by atoms with Crippen molar-refractivity contribution in [2.24, 2.45) is 0 Å². The highest BCUT2D eigenvalue weighted by atomic mass is 16.6. The van der Waals surface area contributed by atoms with Crippen molar-refractivity contribution in [3.63, 3.8) is 0 Å². The fraction of sp³-hybridized carbons (Fsp3) is 0.922. The van der Waals surface area contributed by atoms with Crippen LogP contribution in [-0.2, 0) is 23.8 Å². The Morgan fingerprint density at radius 3 is 0.946 bits per heavy atom. The quantitative estimate of drug-likeness (QED) is 0.0349. The second kappa shape index (κ2) is 48.0. The van der Waals surface area contributed by atoms with E-state index in [4.69, 9.17) is 14.2 Å². The zero-order valence-corrected chi connectivity index (χ0v) is 38.2. The fourth-order valence-corrected chi connectivity index (χ4v) is 7.48. The molecular weight excluding hydrogens is 693 g/mol. The van der Waals surface area contributed by atoms with Gasteiger partial charge in [-0.15, -0.1) is 0 Å². The van der Waals surface area contributed by atoms with Crippen molar-refractivity contribution in [1.82, 2.24) is 0 Å². The van der Waals surface area contributed by atoms with Crippen LogP contribution >= 0.6 is 0 Å². The molecule has 0 aromatic carbocycles. The molecule has 0 aliphatic heterocycles. The van der Waals surface area contributed by atoms with Crippen molar-refractivity contribution in [2.45, 2.75) is 284 Å². The van der Waals surface area contributed by atoms with E-state index in [-0.39, 0.29) is 25.2 Å². The highest BCUT2D eigenvalue weighted by molar-refractivity contribution is 5.69. The van der Waals surface area contributed by atoms with Crippen LogP contribution in [0.5, 0.6) is 0 Å². The number of hydrogen-bond donors (Lipinski definition) is 0. The molecule has 0 rings (SSSR count). The average Bonchev–Trinajstić information content (AvgIpc) is 3.20. The normalized spacial score (nSPS) is 12.1. The zero-order chi connectivity index (χ0) is 40.7. The number of unbranched alkanes of at least 4 members (excludes halogenated alkanes) is 34. The number of ether oxygens (including phenoxy) is 3. The molecule has 0 aromatic rings. The Morgan fingerprint density at radius 2 is 0.625 bits per heavy atom. The minimum absolute atomic E-state index is 0.161. The SMILES string of the molecule is CCCCCCCC/C=C\CCCCCCCCOC(COC(=O)CCCCCCCCCCCCC)COC(=O)CCCCCCCCCCCCCCC. The fourth-order valence-electron chi connectivity index (χ4n) is 7.48. The number of hydrogen-bond acceptors (Lipinski definition) is 5. The lowest BCUT2D eigenvalue weighted by atomic mass is 10.0.